The van der Waals surface area contributed by atoms with Gasteiger partial charge in [0.2, 0.25) is 5.91 Å². The molecule has 0 radical (unpaired) electrons. The van der Waals surface area contributed by atoms with Crippen LogP contribution in [0.25, 0.3) is 0 Å². The Morgan fingerprint density at radius 1 is 1.40 bits per heavy atom. The Morgan fingerprint density at radius 3 is 2.55 bits per heavy atom. The molecule has 0 unspecified atom stereocenters. The van der Waals surface area contributed by atoms with Gasteiger partial charge in [-0.1, -0.05) is 13.3 Å². The topological polar surface area (TPSA) is 75.6 Å². The second-order valence-corrected chi connectivity index (χ2v) is 5.16. The number of ether oxygens (including phenoxy) is 1. The third-order valence-electron chi connectivity index (χ3n) is 4.16. The molecule has 2 rings (SSSR count). The average Bonchev–Trinajstić information content (AvgIpc) is 2.37. The van der Waals surface area contributed by atoms with E-state index in [2.05, 4.69) is 5.32 Å². The van der Waals surface area contributed by atoms with Crippen LogP contribution in [-0.4, -0.2) is 24.1 Å². The van der Waals surface area contributed by atoms with Crippen LogP contribution in [0.1, 0.15) is 43.0 Å². The van der Waals surface area contributed by atoms with Gasteiger partial charge in [0, 0.05) is 17.2 Å². The lowest BCUT2D eigenvalue weighted by atomic mass is 9.66. The summed E-state index contributed by atoms with van der Waals surface area (Å²) >= 11 is 0. The van der Waals surface area contributed by atoms with Crippen LogP contribution in [0.15, 0.2) is 18.2 Å². The largest absolute Gasteiger partial charge is 0.496 e. The average molecular weight is 277 g/mol. The van der Waals surface area contributed by atoms with E-state index in [0.29, 0.717) is 5.69 Å². The van der Waals surface area contributed by atoms with E-state index in [1.807, 2.05) is 6.92 Å². The van der Waals surface area contributed by atoms with Crippen LogP contribution in [0.2, 0.25) is 0 Å². The number of carboxylic acids is 1. The zero-order valence-electron chi connectivity index (χ0n) is 11.7. The van der Waals surface area contributed by atoms with E-state index in [1.165, 1.54) is 13.2 Å². The molecule has 1 aromatic rings. The van der Waals surface area contributed by atoms with Crippen LogP contribution >= 0.6 is 0 Å². The molecule has 1 aliphatic carbocycles. The van der Waals surface area contributed by atoms with Crippen molar-refractivity contribution in [1.29, 1.82) is 0 Å². The fourth-order valence-electron chi connectivity index (χ4n) is 2.55. The van der Waals surface area contributed by atoms with Gasteiger partial charge in [0.05, 0.1) is 7.11 Å². The molecule has 0 heterocycles. The molecule has 5 nitrogen and oxygen atoms in total. The van der Waals surface area contributed by atoms with E-state index < -0.39 is 5.97 Å². The Morgan fingerprint density at radius 2 is 2.10 bits per heavy atom. The first-order chi connectivity index (χ1) is 9.52. The molecule has 0 aliphatic heterocycles. The summed E-state index contributed by atoms with van der Waals surface area (Å²) in [4.78, 5) is 23.3. The van der Waals surface area contributed by atoms with Crippen molar-refractivity contribution < 1.29 is 19.4 Å². The van der Waals surface area contributed by atoms with Gasteiger partial charge in [0.1, 0.15) is 11.3 Å². The maximum atomic E-state index is 12.3. The Kier molecular flexibility index (Phi) is 3.97. The summed E-state index contributed by atoms with van der Waals surface area (Å²) in [6.07, 6.45) is 3.74. The number of methoxy groups -OCH3 is 1. The third kappa shape index (κ3) is 2.48. The van der Waals surface area contributed by atoms with Crippen LogP contribution in [-0.2, 0) is 4.79 Å². The normalized spacial score (nSPS) is 16.1. The molecule has 0 bridgehead atoms. The van der Waals surface area contributed by atoms with Crippen LogP contribution in [0.4, 0.5) is 5.69 Å². The van der Waals surface area contributed by atoms with Crippen molar-refractivity contribution in [2.75, 3.05) is 12.4 Å². The Balaban J connectivity index is 2.18. The molecule has 1 aromatic carbocycles. The summed E-state index contributed by atoms with van der Waals surface area (Å²) in [5.41, 5.74) is 0.398. The number of carbonyl (C=O) groups is 2. The maximum Gasteiger partial charge on any atom is 0.339 e. The van der Waals surface area contributed by atoms with Gasteiger partial charge in [0.25, 0.3) is 0 Å². The van der Waals surface area contributed by atoms with E-state index in [9.17, 15) is 9.59 Å². The molecule has 108 valence electrons. The van der Waals surface area contributed by atoms with E-state index in [-0.39, 0.29) is 22.6 Å². The molecular formula is C15H19NO4. The lowest BCUT2D eigenvalue weighted by Gasteiger charge is -2.39. The van der Waals surface area contributed by atoms with Gasteiger partial charge in [0.15, 0.2) is 0 Å². The molecule has 20 heavy (non-hydrogen) atoms. The highest BCUT2D eigenvalue weighted by molar-refractivity contribution is 5.97. The predicted molar refractivity (Wildman–Crippen MR) is 75.2 cm³/mol. The number of benzene rings is 1. The number of aromatic carboxylic acids is 1. The monoisotopic (exact) mass is 277 g/mol. The van der Waals surface area contributed by atoms with Gasteiger partial charge in [-0.25, -0.2) is 4.79 Å². The number of hydrogen-bond donors (Lipinski definition) is 2. The lowest BCUT2D eigenvalue weighted by Crippen LogP contribution is -2.41. The van der Waals surface area contributed by atoms with Crippen LogP contribution in [0.5, 0.6) is 5.75 Å². The quantitative estimate of drug-likeness (QED) is 0.867. The van der Waals surface area contributed by atoms with Crippen molar-refractivity contribution in [3.05, 3.63) is 23.8 Å². The van der Waals surface area contributed by atoms with Gasteiger partial charge in [-0.05, 0) is 31.4 Å². The van der Waals surface area contributed by atoms with Crippen molar-refractivity contribution in [2.24, 2.45) is 5.41 Å². The summed E-state index contributed by atoms with van der Waals surface area (Å²) in [5, 5.41) is 11.9. The van der Waals surface area contributed by atoms with Crippen molar-refractivity contribution in [3.8, 4) is 5.75 Å². The highest BCUT2D eigenvalue weighted by Gasteiger charge is 2.42. The number of nitrogens with one attached hydrogen (secondary N) is 1. The predicted octanol–water partition coefficient (Wildman–Crippen LogP) is 2.91. The van der Waals surface area contributed by atoms with Gasteiger partial charge >= 0.3 is 5.97 Å². The number of rotatable bonds is 5. The molecule has 0 spiro atoms. The summed E-state index contributed by atoms with van der Waals surface area (Å²) in [5.74, 6) is -0.797. The fraction of sp³-hybridized carbons (Fsp3) is 0.467. The molecule has 0 saturated heterocycles. The number of hydrogen-bond acceptors (Lipinski definition) is 3. The molecule has 1 amide bonds. The molecule has 1 saturated carbocycles. The maximum absolute atomic E-state index is 12.3. The molecule has 1 fully saturated rings. The molecule has 5 heteroatoms. The summed E-state index contributed by atoms with van der Waals surface area (Å²) < 4.78 is 5.05. The Labute approximate surface area is 117 Å². The van der Waals surface area contributed by atoms with E-state index in [0.717, 1.165) is 25.7 Å². The smallest absolute Gasteiger partial charge is 0.339 e. The molecule has 2 N–H and O–H groups in total. The minimum Gasteiger partial charge on any atom is -0.496 e. The van der Waals surface area contributed by atoms with Gasteiger partial charge in [-0.2, -0.15) is 0 Å². The minimum atomic E-state index is -1.05. The number of amides is 1. The minimum absolute atomic E-state index is 0.0105. The molecule has 1 aliphatic rings. The van der Waals surface area contributed by atoms with Gasteiger partial charge in [-0.15, -0.1) is 0 Å². The number of carboxylic acid groups (broad SMARTS) is 1. The van der Waals surface area contributed by atoms with Crippen LogP contribution in [0.3, 0.4) is 0 Å². The first-order valence-corrected chi connectivity index (χ1v) is 6.75. The second-order valence-electron chi connectivity index (χ2n) is 5.16. The van der Waals surface area contributed by atoms with Gasteiger partial charge in [-0.3, -0.25) is 4.79 Å². The van der Waals surface area contributed by atoms with E-state index in [4.69, 9.17) is 9.84 Å². The zero-order chi connectivity index (χ0) is 14.8. The second kappa shape index (κ2) is 5.53. The first kappa shape index (κ1) is 14.4. The Hall–Kier alpha value is -2.04. The van der Waals surface area contributed by atoms with Crippen LogP contribution < -0.4 is 10.1 Å². The number of carbonyl (C=O) groups excluding carboxylic acids is 1. The standard InChI is InChI=1S/C15H19NO4/c1-3-15(7-4-8-15)14(19)16-10-5-6-11(13(17)18)12(9-10)20-2/h5-6,9H,3-4,7-8H2,1-2H3,(H,16,19)(H,17,18). The number of anilines is 1. The first-order valence-electron chi connectivity index (χ1n) is 6.75. The molecule has 0 aromatic heterocycles. The van der Waals surface area contributed by atoms with Crippen molar-refractivity contribution >= 4 is 17.6 Å². The fourth-order valence-corrected chi connectivity index (χ4v) is 2.55. The summed E-state index contributed by atoms with van der Waals surface area (Å²) in [6.45, 7) is 2.02. The lowest BCUT2D eigenvalue weighted by molar-refractivity contribution is -0.130. The van der Waals surface area contributed by atoms with Crippen molar-refractivity contribution in [3.63, 3.8) is 0 Å². The van der Waals surface area contributed by atoms with Crippen molar-refractivity contribution in [2.45, 2.75) is 32.6 Å². The summed E-state index contributed by atoms with van der Waals surface area (Å²) in [6, 6.07) is 4.57. The Bertz CT molecular complexity index is 529. The molecule has 0 atom stereocenters. The highest BCUT2D eigenvalue weighted by atomic mass is 16.5. The molecular weight excluding hydrogens is 258 g/mol. The summed E-state index contributed by atoms with van der Waals surface area (Å²) in [7, 11) is 1.41. The van der Waals surface area contributed by atoms with Crippen LogP contribution in [0, 0.1) is 5.41 Å². The van der Waals surface area contributed by atoms with Gasteiger partial charge < -0.3 is 15.2 Å². The van der Waals surface area contributed by atoms with E-state index >= 15 is 0 Å². The highest BCUT2D eigenvalue weighted by Crippen LogP contribution is 2.44. The van der Waals surface area contributed by atoms with Crippen molar-refractivity contribution in [1.82, 2.24) is 0 Å². The third-order valence-corrected chi connectivity index (χ3v) is 4.16. The zero-order valence-corrected chi connectivity index (χ0v) is 11.7. The van der Waals surface area contributed by atoms with E-state index in [1.54, 1.807) is 12.1 Å². The SMILES string of the molecule is CCC1(C(=O)Nc2ccc(C(=O)O)c(OC)c2)CCC1.